The van der Waals surface area contributed by atoms with Crippen LogP contribution in [0.1, 0.15) is 6.42 Å². The van der Waals surface area contributed by atoms with Crippen molar-refractivity contribution in [3.8, 4) is 0 Å². The lowest BCUT2D eigenvalue weighted by molar-refractivity contribution is 0.248. The van der Waals surface area contributed by atoms with Gasteiger partial charge >= 0.3 is 6.03 Å². The molecule has 8 heavy (non-hydrogen) atoms. The van der Waals surface area contributed by atoms with Crippen LogP contribution in [0.5, 0.6) is 0 Å². The molecule has 5 N–H and O–H groups in total. The Kier molecular flexibility index (Phi) is 1.09. The number of carbonyl (C=O) groups is 1. The summed E-state index contributed by atoms with van der Waals surface area (Å²) in [5, 5.41) is 2.48. The summed E-state index contributed by atoms with van der Waals surface area (Å²) in [6.45, 7) is 0. The first-order chi connectivity index (χ1) is 3.70. The van der Waals surface area contributed by atoms with Gasteiger partial charge in [0, 0.05) is 12.1 Å². The molecule has 0 radical (unpaired) electrons. The van der Waals surface area contributed by atoms with Crippen LogP contribution in [0.25, 0.3) is 0 Å². The van der Waals surface area contributed by atoms with Gasteiger partial charge < -0.3 is 16.8 Å². The average Bonchev–Trinajstić information content (AvgIpc) is 2.17. The van der Waals surface area contributed by atoms with Crippen molar-refractivity contribution in [1.82, 2.24) is 5.32 Å². The lowest BCUT2D eigenvalue weighted by Gasteiger charge is -1.94. The number of primary amides is 1. The van der Waals surface area contributed by atoms with Crippen LogP contribution in [0.3, 0.4) is 0 Å². The number of urea groups is 1. The zero-order chi connectivity index (χ0) is 6.15. The summed E-state index contributed by atoms with van der Waals surface area (Å²) in [5.74, 6) is 0. The van der Waals surface area contributed by atoms with Crippen molar-refractivity contribution in [2.75, 3.05) is 0 Å². The van der Waals surface area contributed by atoms with Gasteiger partial charge in [-0.2, -0.15) is 0 Å². The minimum absolute atomic E-state index is 0.141. The zero-order valence-corrected chi connectivity index (χ0v) is 4.42. The molecule has 1 saturated carbocycles. The molecule has 2 amide bonds. The highest BCUT2D eigenvalue weighted by atomic mass is 16.2. The fourth-order valence-corrected chi connectivity index (χ4v) is 0.563. The van der Waals surface area contributed by atoms with Gasteiger partial charge in [-0.3, -0.25) is 0 Å². The predicted octanol–water partition coefficient (Wildman–Crippen LogP) is -1.25. The van der Waals surface area contributed by atoms with E-state index in [1.54, 1.807) is 0 Å². The largest absolute Gasteiger partial charge is 0.352 e. The molecule has 2 atom stereocenters. The van der Waals surface area contributed by atoms with E-state index in [2.05, 4.69) is 5.32 Å². The smallest absolute Gasteiger partial charge is 0.312 e. The van der Waals surface area contributed by atoms with Crippen molar-refractivity contribution >= 4 is 6.03 Å². The van der Waals surface area contributed by atoms with Crippen molar-refractivity contribution in [2.45, 2.75) is 18.5 Å². The summed E-state index contributed by atoms with van der Waals surface area (Å²) in [4.78, 5) is 10.1. The number of hydrogen-bond acceptors (Lipinski definition) is 2. The maximum absolute atomic E-state index is 10.1. The second-order valence-electron chi connectivity index (χ2n) is 2.01. The minimum Gasteiger partial charge on any atom is -0.352 e. The number of amides is 2. The maximum atomic E-state index is 10.1. The SMILES string of the molecule is NC(=O)NC1CC1N. The number of rotatable bonds is 1. The molecule has 46 valence electrons. The molecule has 0 aliphatic heterocycles. The Balaban J connectivity index is 2.14. The first kappa shape index (κ1) is 5.37. The standard InChI is InChI=1S/C4H9N3O/c5-2-1-3(2)7-4(6)8/h2-3H,1,5H2,(H3,6,7,8). The predicted molar refractivity (Wildman–Crippen MR) is 29.1 cm³/mol. The molecule has 1 rings (SSSR count). The molecule has 0 aromatic carbocycles. The van der Waals surface area contributed by atoms with Gasteiger partial charge in [-0.25, -0.2) is 4.79 Å². The summed E-state index contributed by atoms with van der Waals surface area (Å²) in [5.41, 5.74) is 10.1. The van der Waals surface area contributed by atoms with Crippen LogP contribution in [0.4, 0.5) is 4.79 Å². The van der Waals surface area contributed by atoms with Gasteiger partial charge in [0.1, 0.15) is 0 Å². The van der Waals surface area contributed by atoms with Crippen molar-refractivity contribution in [3.63, 3.8) is 0 Å². The molecular formula is C4H9N3O. The number of hydrogen-bond donors (Lipinski definition) is 3. The molecule has 0 bridgehead atoms. The zero-order valence-electron chi connectivity index (χ0n) is 4.42. The van der Waals surface area contributed by atoms with Gasteiger partial charge in [0.15, 0.2) is 0 Å². The van der Waals surface area contributed by atoms with Crippen LogP contribution in [0.15, 0.2) is 0 Å². The molecular weight excluding hydrogens is 106 g/mol. The first-order valence-corrected chi connectivity index (χ1v) is 2.51. The lowest BCUT2D eigenvalue weighted by atomic mass is 10.6. The third kappa shape index (κ3) is 1.10. The molecule has 4 nitrogen and oxygen atoms in total. The Morgan fingerprint density at radius 3 is 2.38 bits per heavy atom. The number of carbonyl (C=O) groups excluding carboxylic acids is 1. The number of nitrogens with one attached hydrogen (secondary N) is 1. The van der Waals surface area contributed by atoms with Crippen molar-refractivity contribution in [2.24, 2.45) is 11.5 Å². The van der Waals surface area contributed by atoms with Crippen LogP contribution in [-0.2, 0) is 0 Å². The van der Waals surface area contributed by atoms with Gasteiger partial charge in [-0.1, -0.05) is 0 Å². The third-order valence-corrected chi connectivity index (χ3v) is 1.17. The van der Waals surface area contributed by atoms with Crippen LogP contribution >= 0.6 is 0 Å². The van der Waals surface area contributed by atoms with E-state index in [9.17, 15) is 4.79 Å². The second kappa shape index (κ2) is 1.63. The highest BCUT2D eigenvalue weighted by Gasteiger charge is 2.33. The Hall–Kier alpha value is -0.770. The van der Waals surface area contributed by atoms with Gasteiger partial charge in [-0.05, 0) is 6.42 Å². The molecule has 0 aromatic heterocycles. The van der Waals surface area contributed by atoms with Crippen molar-refractivity contribution in [1.29, 1.82) is 0 Å². The fraction of sp³-hybridized carbons (Fsp3) is 0.750. The molecule has 1 fully saturated rings. The minimum atomic E-state index is -0.483. The quantitative estimate of drug-likeness (QED) is 0.399. The Bertz CT molecular complexity index is 114. The van der Waals surface area contributed by atoms with E-state index < -0.39 is 6.03 Å². The Morgan fingerprint density at radius 2 is 2.25 bits per heavy atom. The van der Waals surface area contributed by atoms with Gasteiger partial charge in [0.25, 0.3) is 0 Å². The third-order valence-electron chi connectivity index (χ3n) is 1.17. The van der Waals surface area contributed by atoms with Crippen LogP contribution in [-0.4, -0.2) is 18.1 Å². The highest BCUT2D eigenvalue weighted by Crippen LogP contribution is 2.16. The Morgan fingerprint density at radius 1 is 1.75 bits per heavy atom. The summed E-state index contributed by atoms with van der Waals surface area (Å²) in [7, 11) is 0. The summed E-state index contributed by atoms with van der Waals surface area (Å²) >= 11 is 0. The first-order valence-electron chi connectivity index (χ1n) is 2.51. The van der Waals surface area contributed by atoms with Gasteiger partial charge in [-0.15, -0.1) is 0 Å². The van der Waals surface area contributed by atoms with Crippen molar-refractivity contribution in [3.05, 3.63) is 0 Å². The van der Waals surface area contributed by atoms with Crippen LogP contribution < -0.4 is 16.8 Å². The monoisotopic (exact) mass is 115 g/mol. The Labute approximate surface area is 47.2 Å². The average molecular weight is 115 g/mol. The molecule has 4 heteroatoms. The normalized spacial score (nSPS) is 34.1. The summed E-state index contributed by atoms with van der Waals surface area (Å²) in [6, 6.07) is -0.196. The second-order valence-corrected chi connectivity index (χ2v) is 2.01. The van der Waals surface area contributed by atoms with E-state index in [0.29, 0.717) is 0 Å². The van der Waals surface area contributed by atoms with E-state index in [1.165, 1.54) is 0 Å². The van der Waals surface area contributed by atoms with E-state index >= 15 is 0 Å². The summed E-state index contributed by atoms with van der Waals surface area (Å²) in [6.07, 6.45) is 0.864. The maximum Gasteiger partial charge on any atom is 0.312 e. The lowest BCUT2D eigenvalue weighted by Crippen LogP contribution is -2.34. The molecule has 0 aromatic rings. The van der Waals surface area contributed by atoms with E-state index in [0.717, 1.165) is 6.42 Å². The fourth-order valence-electron chi connectivity index (χ4n) is 0.563. The molecule has 0 spiro atoms. The molecule has 1 aliphatic carbocycles. The van der Waals surface area contributed by atoms with Crippen LogP contribution in [0, 0.1) is 0 Å². The number of nitrogens with two attached hydrogens (primary N) is 2. The topological polar surface area (TPSA) is 81.1 Å². The summed E-state index contributed by atoms with van der Waals surface area (Å²) < 4.78 is 0. The van der Waals surface area contributed by atoms with E-state index in [-0.39, 0.29) is 12.1 Å². The van der Waals surface area contributed by atoms with E-state index in [4.69, 9.17) is 11.5 Å². The molecule has 0 saturated heterocycles. The van der Waals surface area contributed by atoms with Crippen molar-refractivity contribution < 1.29 is 4.79 Å². The van der Waals surface area contributed by atoms with E-state index in [1.807, 2.05) is 0 Å². The van der Waals surface area contributed by atoms with Crippen LogP contribution in [0.2, 0.25) is 0 Å². The van der Waals surface area contributed by atoms with Gasteiger partial charge in [0.2, 0.25) is 0 Å². The molecule has 1 aliphatic rings. The highest BCUT2D eigenvalue weighted by molar-refractivity contribution is 5.72. The molecule has 0 heterocycles. The van der Waals surface area contributed by atoms with Gasteiger partial charge in [0.05, 0.1) is 0 Å². The molecule has 2 unspecified atom stereocenters.